The van der Waals surface area contributed by atoms with Crippen LogP contribution in [0.3, 0.4) is 0 Å². The van der Waals surface area contributed by atoms with Gasteiger partial charge >= 0.3 is 0 Å². The molecule has 0 aromatic heterocycles. The summed E-state index contributed by atoms with van der Waals surface area (Å²) in [4.78, 5) is 13.7. The van der Waals surface area contributed by atoms with Crippen molar-refractivity contribution in [1.29, 1.82) is 0 Å². The minimum Gasteiger partial charge on any atom is -0.396 e. The lowest BCUT2D eigenvalue weighted by Crippen LogP contribution is -2.53. The molecule has 0 aromatic carbocycles. The van der Waals surface area contributed by atoms with Gasteiger partial charge in [0.05, 0.1) is 6.54 Å². The van der Waals surface area contributed by atoms with Crippen LogP contribution in [0.25, 0.3) is 0 Å². The molecular weight excluding hydrogens is 192 g/mol. The molecule has 4 nitrogen and oxygen atoms in total. The van der Waals surface area contributed by atoms with Gasteiger partial charge in [0.2, 0.25) is 5.91 Å². The summed E-state index contributed by atoms with van der Waals surface area (Å²) in [7, 11) is 0. The minimum absolute atomic E-state index is 0.244. The van der Waals surface area contributed by atoms with Crippen LogP contribution in [0.4, 0.5) is 0 Å². The zero-order valence-corrected chi connectivity index (χ0v) is 9.11. The summed E-state index contributed by atoms with van der Waals surface area (Å²) in [5, 5.41) is 12.1. The van der Waals surface area contributed by atoms with Gasteiger partial charge in [-0.15, -0.1) is 0 Å². The monoisotopic (exact) mass is 212 g/mol. The quantitative estimate of drug-likeness (QED) is 0.676. The van der Waals surface area contributed by atoms with Gasteiger partial charge in [0.25, 0.3) is 0 Å². The lowest BCUT2D eigenvalue weighted by Gasteiger charge is -2.38. The summed E-state index contributed by atoms with van der Waals surface area (Å²) < 4.78 is 0. The highest BCUT2D eigenvalue weighted by Gasteiger charge is 2.29. The third-order valence-electron chi connectivity index (χ3n) is 3.64. The van der Waals surface area contributed by atoms with E-state index in [4.69, 9.17) is 5.11 Å². The smallest absolute Gasteiger partial charge is 0.236 e. The Kier molecular flexibility index (Phi) is 3.59. The first-order valence-corrected chi connectivity index (χ1v) is 5.92. The van der Waals surface area contributed by atoms with E-state index in [1.54, 1.807) is 0 Å². The Morgan fingerprint density at radius 3 is 2.67 bits per heavy atom. The standard InChI is InChI=1S/C11H20N2O2/c14-8-9-1-3-10(4-2-9)13-6-5-12-7-11(13)15/h9-10,12,14H,1-8H2. The SMILES string of the molecule is O=C1CNCCN1C1CCC(CO)CC1. The molecular formula is C11H20N2O2. The van der Waals surface area contributed by atoms with E-state index in [2.05, 4.69) is 5.32 Å². The van der Waals surface area contributed by atoms with Crippen LogP contribution >= 0.6 is 0 Å². The second-order valence-corrected chi connectivity index (χ2v) is 4.62. The molecule has 1 saturated carbocycles. The molecule has 2 fully saturated rings. The van der Waals surface area contributed by atoms with Crippen LogP contribution in [-0.4, -0.2) is 48.2 Å². The Balaban J connectivity index is 1.86. The maximum atomic E-state index is 11.7. The maximum absolute atomic E-state index is 11.7. The second-order valence-electron chi connectivity index (χ2n) is 4.62. The average molecular weight is 212 g/mol. The van der Waals surface area contributed by atoms with Gasteiger partial charge in [-0.2, -0.15) is 0 Å². The lowest BCUT2D eigenvalue weighted by atomic mass is 9.85. The molecule has 1 aliphatic carbocycles. The molecule has 0 radical (unpaired) electrons. The molecule has 1 aliphatic heterocycles. The molecule has 0 spiro atoms. The molecule has 15 heavy (non-hydrogen) atoms. The Morgan fingerprint density at radius 1 is 1.33 bits per heavy atom. The summed E-state index contributed by atoms with van der Waals surface area (Å²) in [6.45, 7) is 2.58. The van der Waals surface area contributed by atoms with E-state index in [9.17, 15) is 4.79 Å². The van der Waals surface area contributed by atoms with Crippen molar-refractivity contribution < 1.29 is 9.90 Å². The van der Waals surface area contributed by atoms with Gasteiger partial charge in [0.1, 0.15) is 0 Å². The maximum Gasteiger partial charge on any atom is 0.236 e. The van der Waals surface area contributed by atoms with E-state index in [1.807, 2.05) is 4.90 Å². The van der Waals surface area contributed by atoms with Crippen molar-refractivity contribution in [3.63, 3.8) is 0 Å². The van der Waals surface area contributed by atoms with E-state index in [0.717, 1.165) is 38.8 Å². The third kappa shape index (κ3) is 2.49. The van der Waals surface area contributed by atoms with Crippen molar-refractivity contribution in [2.24, 2.45) is 5.92 Å². The summed E-state index contributed by atoms with van der Waals surface area (Å²) in [6.07, 6.45) is 4.27. The van der Waals surface area contributed by atoms with Crippen molar-refractivity contribution in [2.75, 3.05) is 26.2 Å². The fraction of sp³-hybridized carbons (Fsp3) is 0.909. The highest BCUT2D eigenvalue weighted by atomic mass is 16.3. The predicted octanol–water partition coefficient (Wildman–Crippen LogP) is -0.0307. The Bertz CT molecular complexity index is 225. The first-order valence-electron chi connectivity index (χ1n) is 5.92. The van der Waals surface area contributed by atoms with Gasteiger partial charge in [-0.25, -0.2) is 0 Å². The molecule has 1 amide bonds. The molecule has 2 aliphatic rings. The third-order valence-corrected chi connectivity index (χ3v) is 3.64. The molecule has 4 heteroatoms. The van der Waals surface area contributed by atoms with E-state index < -0.39 is 0 Å². The number of piperazine rings is 1. The molecule has 2 N–H and O–H groups in total. The average Bonchev–Trinajstić information content (AvgIpc) is 2.30. The number of carbonyl (C=O) groups is 1. The lowest BCUT2D eigenvalue weighted by molar-refractivity contribution is -0.135. The summed E-state index contributed by atoms with van der Waals surface area (Å²) in [6, 6.07) is 0.433. The first kappa shape index (κ1) is 10.9. The number of aliphatic hydroxyl groups is 1. The highest BCUT2D eigenvalue weighted by Crippen LogP contribution is 2.27. The Morgan fingerprint density at radius 2 is 2.07 bits per heavy atom. The largest absolute Gasteiger partial charge is 0.396 e. The number of nitrogens with one attached hydrogen (secondary N) is 1. The van der Waals surface area contributed by atoms with Crippen LogP contribution in [-0.2, 0) is 4.79 Å². The molecule has 86 valence electrons. The van der Waals surface area contributed by atoms with Crippen molar-refractivity contribution >= 4 is 5.91 Å². The first-order chi connectivity index (χ1) is 7.31. The van der Waals surface area contributed by atoms with E-state index in [-0.39, 0.29) is 5.91 Å². The number of carbonyl (C=O) groups excluding carboxylic acids is 1. The van der Waals surface area contributed by atoms with Gasteiger partial charge < -0.3 is 15.3 Å². The van der Waals surface area contributed by atoms with Gasteiger partial charge in [-0.3, -0.25) is 4.79 Å². The molecule has 0 bridgehead atoms. The number of amides is 1. The minimum atomic E-state index is 0.244. The Labute approximate surface area is 90.6 Å². The van der Waals surface area contributed by atoms with Crippen LogP contribution in [0, 0.1) is 5.92 Å². The predicted molar refractivity (Wildman–Crippen MR) is 57.4 cm³/mol. The zero-order valence-electron chi connectivity index (χ0n) is 9.11. The van der Waals surface area contributed by atoms with E-state index >= 15 is 0 Å². The summed E-state index contributed by atoms with van der Waals surface area (Å²) in [5.41, 5.74) is 0. The highest BCUT2D eigenvalue weighted by molar-refractivity contribution is 5.79. The second kappa shape index (κ2) is 4.94. The number of aliphatic hydroxyl groups excluding tert-OH is 1. The number of nitrogens with zero attached hydrogens (tertiary/aromatic N) is 1. The topological polar surface area (TPSA) is 52.6 Å². The van der Waals surface area contributed by atoms with Crippen LogP contribution in [0.2, 0.25) is 0 Å². The van der Waals surface area contributed by atoms with Gasteiger partial charge in [-0.05, 0) is 31.6 Å². The van der Waals surface area contributed by atoms with Gasteiger partial charge in [0.15, 0.2) is 0 Å². The molecule has 1 heterocycles. The van der Waals surface area contributed by atoms with Crippen molar-refractivity contribution in [1.82, 2.24) is 10.2 Å². The summed E-state index contributed by atoms with van der Waals surface area (Å²) in [5.74, 6) is 0.716. The summed E-state index contributed by atoms with van der Waals surface area (Å²) >= 11 is 0. The fourth-order valence-electron chi connectivity index (χ4n) is 2.65. The van der Waals surface area contributed by atoms with Gasteiger partial charge in [-0.1, -0.05) is 0 Å². The van der Waals surface area contributed by atoms with Crippen LogP contribution < -0.4 is 5.32 Å². The van der Waals surface area contributed by atoms with Crippen LogP contribution in [0.5, 0.6) is 0 Å². The molecule has 1 saturated heterocycles. The number of hydrogen-bond acceptors (Lipinski definition) is 3. The molecule has 0 atom stereocenters. The van der Waals surface area contributed by atoms with Crippen molar-refractivity contribution in [2.45, 2.75) is 31.7 Å². The van der Waals surface area contributed by atoms with Crippen LogP contribution in [0.1, 0.15) is 25.7 Å². The van der Waals surface area contributed by atoms with E-state index in [1.165, 1.54) is 0 Å². The normalized spacial score (nSPS) is 33.1. The Hall–Kier alpha value is -0.610. The molecule has 0 unspecified atom stereocenters. The van der Waals surface area contributed by atoms with Crippen molar-refractivity contribution in [3.8, 4) is 0 Å². The number of hydrogen-bond donors (Lipinski definition) is 2. The number of rotatable bonds is 2. The zero-order chi connectivity index (χ0) is 10.7. The molecule has 0 aromatic rings. The van der Waals surface area contributed by atoms with Gasteiger partial charge in [0, 0.05) is 25.7 Å². The van der Waals surface area contributed by atoms with Crippen LogP contribution in [0.15, 0.2) is 0 Å². The van der Waals surface area contributed by atoms with Crippen molar-refractivity contribution in [3.05, 3.63) is 0 Å². The van der Waals surface area contributed by atoms with E-state index in [0.29, 0.717) is 25.1 Å². The molecule has 2 rings (SSSR count). The fourth-order valence-corrected chi connectivity index (χ4v) is 2.65.